The average Bonchev–Trinajstić information content (AvgIpc) is 2.73. The minimum absolute atomic E-state index is 0.115. The van der Waals surface area contributed by atoms with E-state index in [1.807, 2.05) is 55.5 Å². The fourth-order valence-corrected chi connectivity index (χ4v) is 3.19. The first-order chi connectivity index (χ1) is 13.6. The summed E-state index contributed by atoms with van der Waals surface area (Å²) in [6.45, 7) is 1.98. The predicted molar refractivity (Wildman–Crippen MR) is 110 cm³/mol. The Hall–Kier alpha value is -3.86. The summed E-state index contributed by atoms with van der Waals surface area (Å²) >= 11 is 0. The van der Waals surface area contributed by atoms with E-state index in [0.717, 1.165) is 16.5 Å². The summed E-state index contributed by atoms with van der Waals surface area (Å²) in [4.78, 5) is 36.8. The van der Waals surface area contributed by atoms with Crippen LogP contribution in [0.1, 0.15) is 21.6 Å². The van der Waals surface area contributed by atoms with Gasteiger partial charge in [0.15, 0.2) is 5.78 Å². The molecule has 0 amide bonds. The van der Waals surface area contributed by atoms with Crippen LogP contribution in [0.3, 0.4) is 0 Å². The van der Waals surface area contributed by atoms with Gasteiger partial charge < -0.3 is 4.98 Å². The van der Waals surface area contributed by atoms with Crippen LogP contribution in [0.25, 0.3) is 28.1 Å². The molecule has 0 radical (unpaired) electrons. The molecular weight excluding hydrogens is 350 g/mol. The van der Waals surface area contributed by atoms with E-state index >= 15 is 0 Å². The number of carbonyl (C=O) groups excluding carboxylic acids is 1. The number of nitrogens with one attached hydrogen (secondary N) is 1. The van der Waals surface area contributed by atoms with Crippen molar-refractivity contribution < 1.29 is 4.79 Å². The number of aromatic amines is 1. The van der Waals surface area contributed by atoms with Crippen molar-refractivity contribution in [3.63, 3.8) is 0 Å². The van der Waals surface area contributed by atoms with Gasteiger partial charge in [0, 0.05) is 28.9 Å². The van der Waals surface area contributed by atoms with E-state index in [2.05, 4.69) is 15.0 Å². The van der Waals surface area contributed by atoms with Crippen molar-refractivity contribution in [3.05, 3.63) is 100 Å². The number of allylic oxidation sites excluding steroid dienone is 1. The number of hydrogen-bond donors (Lipinski definition) is 1. The fourth-order valence-electron chi connectivity index (χ4n) is 3.19. The first-order valence-electron chi connectivity index (χ1n) is 8.84. The van der Waals surface area contributed by atoms with Crippen molar-refractivity contribution >= 4 is 22.8 Å². The maximum atomic E-state index is 13.0. The highest BCUT2D eigenvalue weighted by Crippen LogP contribution is 2.30. The van der Waals surface area contributed by atoms with Crippen LogP contribution in [-0.4, -0.2) is 20.7 Å². The second kappa shape index (κ2) is 7.40. The largest absolute Gasteiger partial charge is 0.321 e. The molecule has 136 valence electrons. The zero-order valence-electron chi connectivity index (χ0n) is 15.2. The Kier molecular flexibility index (Phi) is 4.64. The van der Waals surface area contributed by atoms with Gasteiger partial charge >= 0.3 is 0 Å². The number of carbonyl (C=O) groups is 1. The zero-order chi connectivity index (χ0) is 19.5. The number of hydrogen-bond acceptors (Lipinski definition) is 4. The number of pyridine rings is 1. The standard InChI is InChI=1S/C23H17N3O2/c1-15-7-9-19-18(13-15)21(16-5-3-2-4-6-16)22(23(28)26-19)20(27)10-8-17-14-24-11-12-25-17/h2-14H,1H3,(H,26,28)/b10-8+. The van der Waals surface area contributed by atoms with E-state index in [9.17, 15) is 9.59 Å². The predicted octanol–water partition coefficient (Wildman–Crippen LogP) is 4.19. The molecule has 4 aromatic rings. The molecule has 5 nitrogen and oxygen atoms in total. The van der Waals surface area contributed by atoms with Crippen LogP contribution in [0.2, 0.25) is 0 Å². The molecule has 0 saturated heterocycles. The van der Waals surface area contributed by atoms with Crippen LogP contribution in [-0.2, 0) is 0 Å². The molecule has 2 aromatic carbocycles. The molecule has 1 N–H and O–H groups in total. The summed E-state index contributed by atoms with van der Waals surface area (Å²) in [6, 6.07) is 15.3. The monoisotopic (exact) mass is 367 g/mol. The highest BCUT2D eigenvalue weighted by atomic mass is 16.1. The van der Waals surface area contributed by atoms with Gasteiger partial charge in [-0.25, -0.2) is 0 Å². The third-order valence-electron chi connectivity index (χ3n) is 4.47. The van der Waals surface area contributed by atoms with Crippen LogP contribution in [0, 0.1) is 6.92 Å². The van der Waals surface area contributed by atoms with Gasteiger partial charge in [-0.1, -0.05) is 42.0 Å². The highest BCUT2D eigenvalue weighted by Gasteiger charge is 2.19. The third-order valence-corrected chi connectivity index (χ3v) is 4.47. The molecule has 0 spiro atoms. The smallest absolute Gasteiger partial charge is 0.260 e. The molecule has 0 aliphatic carbocycles. The number of ketones is 1. The molecule has 5 heteroatoms. The maximum Gasteiger partial charge on any atom is 0.260 e. The maximum absolute atomic E-state index is 13.0. The molecule has 0 bridgehead atoms. The lowest BCUT2D eigenvalue weighted by Gasteiger charge is -2.12. The summed E-state index contributed by atoms with van der Waals surface area (Å²) in [7, 11) is 0. The normalized spacial score (nSPS) is 11.2. The van der Waals surface area contributed by atoms with E-state index in [1.165, 1.54) is 6.08 Å². The van der Waals surface area contributed by atoms with Crippen molar-refractivity contribution in [2.75, 3.05) is 0 Å². The van der Waals surface area contributed by atoms with Crippen LogP contribution in [0.4, 0.5) is 0 Å². The second-order valence-corrected chi connectivity index (χ2v) is 6.45. The molecule has 28 heavy (non-hydrogen) atoms. The minimum Gasteiger partial charge on any atom is -0.321 e. The van der Waals surface area contributed by atoms with Gasteiger partial charge in [-0.2, -0.15) is 0 Å². The average molecular weight is 367 g/mol. The van der Waals surface area contributed by atoms with Crippen molar-refractivity contribution in [2.24, 2.45) is 0 Å². The van der Waals surface area contributed by atoms with Crippen molar-refractivity contribution in [1.82, 2.24) is 15.0 Å². The molecule has 4 rings (SSSR count). The van der Waals surface area contributed by atoms with E-state index in [0.29, 0.717) is 16.8 Å². The van der Waals surface area contributed by atoms with Gasteiger partial charge in [0.2, 0.25) is 0 Å². The third kappa shape index (κ3) is 3.38. The molecule has 0 aliphatic heterocycles. The van der Waals surface area contributed by atoms with Gasteiger partial charge in [0.25, 0.3) is 5.56 Å². The van der Waals surface area contributed by atoms with Gasteiger partial charge in [-0.3, -0.25) is 19.6 Å². The Balaban J connectivity index is 1.95. The number of rotatable bonds is 4. The Labute approximate surface area is 161 Å². The van der Waals surface area contributed by atoms with Crippen molar-refractivity contribution in [3.8, 4) is 11.1 Å². The summed E-state index contributed by atoms with van der Waals surface area (Å²) in [6.07, 6.45) is 7.58. The summed E-state index contributed by atoms with van der Waals surface area (Å²) < 4.78 is 0. The molecule has 0 aliphatic rings. The number of fused-ring (bicyclic) bond motifs is 1. The molecular formula is C23H17N3O2. The van der Waals surface area contributed by atoms with E-state index < -0.39 is 5.56 Å². The summed E-state index contributed by atoms with van der Waals surface area (Å²) in [5, 5.41) is 0.835. The van der Waals surface area contributed by atoms with Gasteiger partial charge in [-0.15, -0.1) is 0 Å². The Morgan fingerprint density at radius 1 is 1.07 bits per heavy atom. The van der Waals surface area contributed by atoms with Crippen LogP contribution in [0.15, 0.2) is 78.0 Å². The topological polar surface area (TPSA) is 75.7 Å². The van der Waals surface area contributed by atoms with Crippen LogP contribution in [0.5, 0.6) is 0 Å². The minimum atomic E-state index is -0.413. The molecule has 0 saturated carbocycles. The first kappa shape index (κ1) is 17.5. The van der Waals surface area contributed by atoms with Gasteiger partial charge in [-0.05, 0) is 36.8 Å². The summed E-state index contributed by atoms with van der Waals surface area (Å²) in [5.74, 6) is -0.380. The number of benzene rings is 2. The van der Waals surface area contributed by atoms with Crippen molar-refractivity contribution in [2.45, 2.75) is 6.92 Å². The lowest BCUT2D eigenvalue weighted by atomic mass is 9.93. The van der Waals surface area contributed by atoms with E-state index in [-0.39, 0.29) is 11.3 Å². The van der Waals surface area contributed by atoms with Crippen LogP contribution < -0.4 is 5.56 Å². The Bertz CT molecular complexity index is 1240. The SMILES string of the molecule is Cc1ccc2[nH]c(=O)c(C(=O)/C=C/c3cnccn3)c(-c3ccccc3)c2c1. The molecule has 2 heterocycles. The lowest BCUT2D eigenvalue weighted by molar-refractivity contribution is 0.104. The number of nitrogens with zero attached hydrogens (tertiary/aromatic N) is 2. The summed E-state index contributed by atoms with van der Waals surface area (Å²) in [5.41, 5.74) is 3.45. The zero-order valence-corrected chi connectivity index (χ0v) is 15.2. The van der Waals surface area contributed by atoms with Crippen molar-refractivity contribution in [1.29, 1.82) is 0 Å². The fraction of sp³-hybridized carbons (Fsp3) is 0.0435. The Morgan fingerprint density at radius 3 is 2.64 bits per heavy atom. The number of aromatic nitrogens is 3. The molecule has 0 unspecified atom stereocenters. The van der Waals surface area contributed by atoms with Gasteiger partial charge in [0.1, 0.15) is 0 Å². The molecule has 2 aromatic heterocycles. The van der Waals surface area contributed by atoms with E-state index in [4.69, 9.17) is 0 Å². The Morgan fingerprint density at radius 2 is 1.89 bits per heavy atom. The molecule has 0 fully saturated rings. The van der Waals surface area contributed by atoms with Crippen LogP contribution >= 0.6 is 0 Å². The highest BCUT2D eigenvalue weighted by molar-refractivity contribution is 6.15. The molecule has 0 atom stereocenters. The second-order valence-electron chi connectivity index (χ2n) is 6.45. The number of aryl methyl sites for hydroxylation is 1. The number of H-pyrrole nitrogens is 1. The van der Waals surface area contributed by atoms with Gasteiger partial charge in [0.05, 0.1) is 17.5 Å². The quantitative estimate of drug-likeness (QED) is 0.433. The van der Waals surface area contributed by atoms with E-state index in [1.54, 1.807) is 24.7 Å². The first-order valence-corrected chi connectivity index (χ1v) is 8.84. The lowest BCUT2D eigenvalue weighted by Crippen LogP contribution is -2.18.